The molecular formula is C11H16N2O5S. The predicted octanol–water partition coefficient (Wildman–Crippen LogP) is -0.526. The number of carbonyl (C=O) groups excluding carboxylic acids is 1. The number of nitrogens with one attached hydrogen (secondary N) is 1. The zero-order chi connectivity index (χ0) is 14.5. The number of hydrogen-bond donors (Lipinski definition) is 2. The van der Waals surface area contributed by atoms with Crippen LogP contribution in [0.4, 0.5) is 0 Å². The Morgan fingerprint density at radius 3 is 2.37 bits per heavy atom. The third-order valence-corrected chi connectivity index (χ3v) is 3.41. The Hall–Kier alpha value is -1.64. The minimum atomic E-state index is -3.26. The summed E-state index contributed by atoms with van der Waals surface area (Å²) in [5.41, 5.74) is 1.97. The minimum Gasteiger partial charge on any atom is -0.478 e. The van der Waals surface area contributed by atoms with E-state index >= 15 is 0 Å². The number of hydrazine groups is 1. The maximum atomic E-state index is 11.4. The monoisotopic (exact) mass is 288 g/mol. The fraction of sp³-hybridized carbons (Fsp3) is 0.364. The maximum Gasteiger partial charge on any atom is 0.277 e. The summed E-state index contributed by atoms with van der Waals surface area (Å²) in [6.07, 6.45) is 0.206. The molecule has 0 aliphatic heterocycles. The van der Waals surface area contributed by atoms with Crippen molar-refractivity contribution in [2.45, 2.75) is 11.0 Å². The van der Waals surface area contributed by atoms with E-state index in [-0.39, 0.29) is 11.5 Å². The van der Waals surface area contributed by atoms with Gasteiger partial charge in [0.25, 0.3) is 5.91 Å². The molecule has 1 aromatic rings. The van der Waals surface area contributed by atoms with Crippen LogP contribution in [0.25, 0.3) is 0 Å². The molecule has 1 atom stereocenters. The van der Waals surface area contributed by atoms with Gasteiger partial charge in [0.15, 0.2) is 9.84 Å². The maximum absolute atomic E-state index is 11.4. The van der Waals surface area contributed by atoms with Crippen LogP contribution in [-0.2, 0) is 19.4 Å². The molecule has 1 amide bonds. The smallest absolute Gasteiger partial charge is 0.277 e. The number of amides is 1. The Balaban J connectivity index is 2.83. The van der Waals surface area contributed by atoms with E-state index in [1.54, 1.807) is 0 Å². The van der Waals surface area contributed by atoms with E-state index in [9.17, 15) is 13.2 Å². The van der Waals surface area contributed by atoms with Gasteiger partial charge in [-0.2, -0.15) is 0 Å². The van der Waals surface area contributed by atoms with E-state index in [2.05, 4.69) is 0 Å². The number of sulfone groups is 1. The molecule has 19 heavy (non-hydrogen) atoms. The van der Waals surface area contributed by atoms with Gasteiger partial charge in [-0.1, -0.05) is 0 Å². The molecule has 0 heterocycles. The van der Waals surface area contributed by atoms with Crippen LogP contribution < -0.4 is 16.0 Å². The van der Waals surface area contributed by atoms with E-state index in [0.717, 1.165) is 6.26 Å². The fourth-order valence-corrected chi connectivity index (χ4v) is 1.97. The molecule has 0 saturated heterocycles. The fourth-order valence-electron chi connectivity index (χ4n) is 1.34. The second-order valence-corrected chi connectivity index (χ2v) is 5.83. The Morgan fingerprint density at radius 1 is 1.37 bits per heavy atom. The van der Waals surface area contributed by atoms with Crippen LogP contribution in [0.15, 0.2) is 29.2 Å². The zero-order valence-electron chi connectivity index (χ0n) is 10.6. The standard InChI is InChI=1S/C11H16N2O5S/c1-17-7-10(11(14)13-12)18-8-3-5-9(6-4-8)19(2,15)16/h3-6,10H,7,12H2,1-2H3,(H,13,14). The van der Waals surface area contributed by atoms with Crippen molar-refractivity contribution in [3.63, 3.8) is 0 Å². The number of ether oxygens (including phenoxy) is 2. The Labute approximate surface area is 111 Å². The number of rotatable bonds is 6. The number of carbonyl (C=O) groups is 1. The molecule has 8 heteroatoms. The largest absolute Gasteiger partial charge is 0.478 e. The third-order valence-electron chi connectivity index (χ3n) is 2.28. The summed E-state index contributed by atoms with van der Waals surface area (Å²) >= 11 is 0. The van der Waals surface area contributed by atoms with Crippen LogP contribution in [0, 0.1) is 0 Å². The lowest BCUT2D eigenvalue weighted by atomic mass is 10.3. The molecule has 0 aromatic heterocycles. The minimum absolute atomic E-state index is 0.0247. The molecule has 0 aliphatic carbocycles. The molecule has 3 N–H and O–H groups in total. The van der Waals surface area contributed by atoms with Crippen molar-refractivity contribution < 1.29 is 22.7 Å². The second-order valence-electron chi connectivity index (χ2n) is 3.81. The van der Waals surface area contributed by atoms with Gasteiger partial charge in [-0.15, -0.1) is 0 Å². The van der Waals surface area contributed by atoms with Gasteiger partial charge in [-0.05, 0) is 24.3 Å². The van der Waals surface area contributed by atoms with Gasteiger partial charge < -0.3 is 9.47 Å². The molecule has 1 unspecified atom stereocenters. The molecule has 1 rings (SSSR count). The summed E-state index contributed by atoms with van der Waals surface area (Å²) in [4.78, 5) is 11.6. The molecule has 0 saturated carbocycles. The van der Waals surface area contributed by atoms with E-state index in [0.29, 0.717) is 5.75 Å². The van der Waals surface area contributed by atoms with Crippen LogP contribution in [0.2, 0.25) is 0 Å². The van der Waals surface area contributed by atoms with Crippen molar-refractivity contribution in [2.75, 3.05) is 20.0 Å². The highest BCUT2D eigenvalue weighted by atomic mass is 32.2. The summed E-state index contributed by atoms with van der Waals surface area (Å²) in [6, 6.07) is 5.72. The lowest BCUT2D eigenvalue weighted by Crippen LogP contribution is -2.44. The average molecular weight is 288 g/mol. The lowest BCUT2D eigenvalue weighted by Gasteiger charge is -2.16. The third kappa shape index (κ3) is 4.51. The Kier molecular flexibility index (Phi) is 5.28. The van der Waals surface area contributed by atoms with Gasteiger partial charge in [0.1, 0.15) is 5.75 Å². The quantitative estimate of drug-likeness (QED) is 0.414. The molecule has 0 fully saturated rings. The molecule has 0 radical (unpaired) electrons. The first-order valence-electron chi connectivity index (χ1n) is 5.34. The van der Waals surface area contributed by atoms with Crippen molar-refractivity contribution in [1.29, 1.82) is 0 Å². The highest BCUT2D eigenvalue weighted by molar-refractivity contribution is 7.90. The summed E-state index contributed by atoms with van der Waals surface area (Å²) in [6.45, 7) is 0.0247. The van der Waals surface area contributed by atoms with Gasteiger partial charge in [-0.3, -0.25) is 10.2 Å². The normalized spacial score (nSPS) is 12.8. The number of nitrogens with two attached hydrogens (primary N) is 1. The molecular weight excluding hydrogens is 272 g/mol. The predicted molar refractivity (Wildman–Crippen MR) is 68.2 cm³/mol. The van der Waals surface area contributed by atoms with Crippen molar-refractivity contribution in [3.8, 4) is 5.75 Å². The van der Waals surface area contributed by atoms with Gasteiger partial charge >= 0.3 is 0 Å². The summed E-state index contributed by atoms with van der Waals surface area (Å²) in [5.74, 6) is 4.84. The zero-order valence-corrected chi connectivity index (χ0v) is 11.4. The van der Waals surface area contributed by atoms with Gasteiger partial charge in [0, 0.05) is 13.4 Å². The molecule has 0 spiro atoms. The molecule has 0 aliphatic rings. The summed E-state index contributed by atoms with van der Waals surface area (Å²) < 4.78 is 32.8. The Bertz CT molecular complexity index is 527. The van der Waals surface area contributed by atoms with E-state index in [4.69, 9.17) is 15.3 Å². The molecule has 106 valence electrons. The highest BCUT2D eigenvalue weighted by Crippen LogP contribution is 2.17. The lowest BCUT2D eigenvalue weighted by molar-refractivity contribution is -0.130. The van der Waals surface area contributed by atoms with Gasteiger partial charge in [0.2, 0.25) is 6.10 Å². The van der Waals surface area contributed by atoms with Crippen molar-refractivity contribution in [1.82, 2.24) is 5.43 Å². The first kappa shape index (κ1) is 15.4. The van der Waals surface area contributed by atoms with Gasteiger partial charge in [-0.25, -0.2) is 14.3 Å². The number of benzene rings is 1. The summed E-state index contributed by atoms with van der Waals surface area (Å²) in [7, 11) is -1.84. The first-order valence-corrected chi connectivity index (χ1v) is 7.23. The van der Waals surface area contributed by atoms with Crippen molar-refractivity contribution in [3.05, 3.63) is 24.3 Å². The van der Waals surface area contributed by atoms with E-state index in [1.165, 1.54) is 31.4 Å². The Morgan fingerprint density at radius 2 is 1.95 bits per heavy atom. The van der Waals surface area contributed by atoms with Crippen molar-refractivity contribution >= 4 is 15.7 Å². The van der Waals surface area contributed by atoms with Crippen LogP contribution in [-0.4, -0.2) is 40.4 Å². The van der Waals surface area contributed by atoms with Crippen molar-refractivity contribution in [2.24, 2.45) is 5.84 Å². The van der Waals surface area contributed by atoms with Crippen LogP contribution in [0.1, 0.15) is 0 Å². The van der Waals surface area contributed by atoms with Crippen LogP contribution >= 0.6 is 0 Å². The van der Waals surface area contributed by atoms with E-state index in [1.807, 2.05) is 5.43 Å². The molecule has 1 aromatic carbocycles. The first-order chi connectivity index (χ1) is 8.88. The second kappa shape index (κ2) is 6.50. The van der Waals surface area contributed by atoms with Gasteiger partial charge in [0.05, 0.1) is 11.5 Å². The van der Waals surface area contributed by atoms with E-state index < -0.39 is 21.8 Å². The number of hydrogen-bond acceptors (Lipinski definition) is 6. The number of methoxy groups -OCH3 is 1. The summed E-state index contributed by atoms with van der Waals surface area (Å²) in [5, 5.41) is 0. The van der Waals surface area contributed by atoms with Crippen LogP contribution in [0.5, 0.6) is 5.75 Å². The van der Waals surface area contributed by atoms with Crippen LogP contribution in [0.3, 0.4) is 0 Å². The molecule has 0 bridgehead atoms. The SMILES string of the molecule is COCC(Oc1ccc(S(C)(=O)=O)cc1)C(=O)NN. The average Bonchev–Trinajstić information content (AvgIpc) is 2.37. The topological polar surface area (TPSA) is 108 Å². The highest BCUT2D eigenvalue weighted by Gasteiger charge is 2.19. The molecule has 7 nitrogen and oxygen atoms in total.